The number of anilines is 6. The van der Waals surface area contributed by atoms with Gasteiger partial charge in [0.1, 0.15) is 0 Å². The van der Waals surface area contributed by atoms with Crippen molar-refractivity contribution in [2.24, 2.45) is 0 Å². The Morgan fingerprint density at radius 3 is 0.674 bits per heavy atom. The van der Waals surface area contributed by atoms with Gasteiger partial charge in [0.25, 0.3) is 0 Å². The molecule has 0 N–H and O–H groups in total. The highest BCUT2D eigenvalue weighted by Crippen LogP contribution is 2.59. The fourth-order valence-corrected chi connectivity index (χ4v) is 21.5. The molecule has 4 heteroatoms. The molecule has 132 heavy (non-hydrogen) atoms. The van der Waals surface area contributed by atoms with Gasteiger partial charge in [-0.05, 0) is 232 Å². The summed E-state index contributed by atoms with van der Waals surface area (Å²) in [6.07, 6.45) is 0. The second kappa shape index (κ2) is 33.2. The predicted molar refractivity (Wildman–Crippen MR) is 553 cm³/mol. The SMILES string of the molecule is c1ccc(-c2ccc(-c3ccc(N(c4ccc(-c5ccc(-n6c7ccccc7c7ccccc76)cc5)cc4)c4ccc(C5(c6ccccc6)c6ccccc6-c6ccccc65)cc4)cc3)cc2)cc1.c1ccc(-c2ccccc2N(c2ccc(-c3ccc(-n4c5ccccc5c5ccccc54)cc3)cc2)c2ccc(C3(c4ccccc4)c4ccccc4-c4ccccc43)cc2)cc1. The number of para-hydroxylation sites is 5. The van der Waals surface area contributed by atoms with Crippen LogP contribution in [0.5, 0.6) is 0 Å². The van der Waals surface area contributed by atoms with Crippen LogP contribution in [0.4, 0.5) is 34.1 Å². The Morgan fingerprint density at radius 1 is 0.144 bits per heavy atom. The van der Waals surface area contributed by atoms with E-state index in [2.05, 4.69) is 553 Å². The number of hydrogen-bond donors (Lipinski definition) is 0. The summed E-state index contributed by atoms with van der Waals surface area (Å²) < 4.78 is 4.74. The summed E-state index contributed by atoms with van der Waals surface area (Å²) in [5.41, 5.74) is 40.1. The molecule has 0 unspecified atom stereocenters. The van der Waals surface area contributed by atoms with E-state index in [9.17, 15) is 0 Å². The molecule has 2 aliphatic carbocycles. The first-order valence-corrected chi connectivity index (χ1v) is 45.6. The third-order valence-corrected chi connectivity index (χ3v) is 27.4. The summed E-state index contributed by atoms with van der Waals surface area (Å²) in [7, 11) is 0. The molecule has 0 amide bonds. The van der Waals surface area contributed by atoms with Crippen LogP contribution >= 0.6 is 0 Å². The van der Waals surface area contributed by atoms with Crippen molar-refractivity contribution < 1.29 is 0 Å². The second-order valence-electron chi connectivity index (χ2n) is 34.5. The molecule has 0 spiro atoms. The Bertz CT molecular complexity index is 7970. The summed E-state index contributed by atoms with van der Waals surface area (Å²) in [4.78, 5) is 4.79. The number of benzene rings is 21. The van der Waals surface area contributed by atoms with Crippen LogP contribution in [-0.2, 0) is 10.8 Å². The molecule has 4 nitrogen and oxygen atoms in total. The lowest BCUT2D eigenvalue weighted by molar-refractivity contribution is 0.768. The lowest BCUT2D eigenvalue weighted by atomic mass is 9.68. The van der Waals surface area contributed by atoms with Crippen molar-refractivity contribution >= 4 is 77.7 Å². The average Bonchev–Trinajstić information content (AvgIpc) is 1.54. The highest BCUT2D eigenvalue weighted by atomic mass is 15.1. The molecule has 23 aromatic rings. The van der Waals surface area contributed by atoms with Crippen LogP contribution < -0.4 is 9.80 Å². The molecular formula is C128H88N4. The van der Waals surface area contributed by atoms with Crippen molar-refractivity contribution in [3.8, 4) is 89.3 Å². The van der Waals surface area contributed by atoms with Crippen LogP contribution in [0.2, 0.25) is 0 Å². The number of rotatable bonds is 17. The number of fused-ring (bicyclic) bond motifs is 12. The van der Waals surface area contributed by atoms with Crippen LogP contribution in [0.15, 0.2) is 534 Å². The molecule has 0 atom stereocenters. The van der Waals surface area contributed by atoms with E-state index in [-0.39, 0.29) is 0 Å². The zero-order valence-electron chi connectivity index (χ0n) is 72.6. The van der Waals surface area contributed by atoms with E-state index in [1.54, 1.807) is 0 Å². The first-order valence-electron chi connectivity index (χ1n) is 45.6. The Labute approximate surface area is 769 Å². The molecule has 0 saturated carbocycles. The van der Waals surface area contributed by atoms with E-state index < -0.39 is 10.8 Å². The fourth-order valence-electron chi connectivity index (χ4n) is 21.5. The summed E-state index contributed by atoms with van der Waals surface area (Å²) in [5, 5.41) is 5.07. The lowest BCUT2D eigenvalue weighted by Gasteiger charge is -2.34. The Morgan fingerprint density at radius 2 is 0.356 bits per heavy atom. The first-order chi connectivity index (χ1) is 65.5. The zero-order valence-corrected chi connectivity index (χ0v) is 72.6. The molecular weight excluding hydrogens is 1590 g/mol. The van der Waals surface area contributed by atoms with Gasteiger partial charge in [0.15, 0.2) is 0 Å². The Kier molecular flexibility index (Phi) is 19.7. The largest absolute Gasteiger partial charge is 0.311 e. The third kappa shape index (κ3) is 13.3. The minimum Gasteiger partial charge on any atom is -0.311 e. The molecule has 0 bridgehead atoms. The van der Waals surface area contributed by atoms with Crippen molar-refractivity contribution in [3.63, 3.8) is 0 Å². The monoisotopic (exact) mass is 1680 g/mol. The minimum atomic E-state index is -0.464. The molecule has 2 aromatic heterocycles. The van der Waals surface area contributed by atoms with Gasteiger partial charge in [-0.15, -0.1) is 0 Å². The molecule has 2 aliphatic rings. The van der Waals surface area contributed by atoms with Crippen molar-refractivity contribution in [2.45, 2.75) is 10.8 Å². The van der Waals surface area contributed by atoms with E-state index in [4.69, 9.17) is 0 Å². The van der Waals surface area contributed by atoms with Crippen molar-refractivity contribution in [3.05, 3.63) is 578 Å². The summed E-state index contributed by atoms with van der Waals surface area (Å²) in [5.74, 6) is 0. The molecule has 620 valence electrons. The fraction of sp³-hybridized carbons (Fsp3) is 0.0156. The van der Waals surface area contributed by atoms with Gasteiger partial charge in [0.05, 0.1) is 38.6 Å². The maximum atomic E-state index is 2.41. The highest BCUT2D eigenvalue weighted by molar-refractivity contribution is 6.11. The summed E-state index contributed by atoms with van der Waals surface area (Å²) in [6.45, 7) is 0. The molecule has 25 rings (SSSR count). The number of nitrogens with zero attached hydrogens (tertiary/aromatic N) is 4. The van der Waals surface area contributed by atoms with Gasteiger partial charge in [0.2, 0.25) is 0 Å². The van der Waals surface area contributed by atoms with Crippen LogP contribution in [0.1, 0.15) is 44.5 Å². The van der Waals surface area contributed by atoms with E-state index in [0.717, 1.165) is 45.5 Å². The standard InChI is InChI=1S/C67H46N2.C61H42N2/c1-3-15-47(16-4-1)48-27-29-49(30-28-48)50-31-39-55(40-32-50)68(56-41-33-51(34-42-56)52-35-43-58(44-36-52)69-65-25-13-9-21-61(65)62-22-10-14-26-66(62)69)57-45-37-54(38-46-57)67(53-17-5-2-6-18-53)63-23-11-7-19-59(63)60-20-8-12-24-64(60)67;1-3-17-45(18-4-1)51-21-9-14-28-58(51)62(48-37-31-43(32-38-48)44-33-39-50(40-34-44)63-59-29-15-10-24-54(59)55-25-11-16-30-60(55)63)49-41-35-47(36-42-49)61(46-19-5-2-6-20-46)56-26-12-7-22-52(56)53-23-8-13-27-57(53)61/h1-46H;1-42H. The molecule has 2 heterocycles. The van der Waals surface area contributed by atoms with Crippen LogP contribution in [0, 0.1) is 0 Å². The maximum absolute atomic E-state index is 2.41. The molecule has 0 saturated heterocycles. The summed E-state index contributed by atoms with van der Waals surface area (Å²) in [6, 6.07) is 195. The van der Waals surface area contributed by atoms with E-state index in [1.807, 2.05) is 0 Å². The van der Waals surface area contributed by atoms with Crippen molar-refractivity contribution in [1.82, 2.24) is 9.13 Å². The number of aromatic nitrogens is 2. The van der Waals surface area contributed by atoms with Gasteiger partial charge < -0.3 is 18.9 Å². The highest BCUT2D eigenvalue weighted by Gasteiger charge is 2.48. The quantitative estimate of drug-likeness (QED) is 0.0903. The smallest absolute Gasteiger partial charge is 0.0713 e. The van der Waals surface area contributed by atoms with E-state index >= 15 is 0 Å². The van der Waals surface area contributed by atoms with E-state index in [1.165, 1.54) is 166 Å². The molecule has 21 aromatic carbocycles. The van der Waals surface area contributed by atoms with Gasteiger partial charge in [-0.25, -0.2) is 0 Å². The van der Waals surface area contributed by atoms with Crippen molar-refractivity contribution in [2.75, 3.05) is 9.80 Å². The van der Waals surface area contributed by atoms with Crippen molar-refractivity contribution in [1.29, 1.82) is 0 Å². The first kappa shape index (κ1) is 78.3. The van der Waals surface area contributed by atoms with Crippen LogP contribution in [-0.4, -0.2) is 9.13 Å². The normalized spacial score (nSPS) is 12.5. The van der Waals surface area contributed by atoms with Gasteiger partial charge >= 0.3 is 0 Å². The predicted octanol–water partition coefficient (Wildman–Crippen LogP) is 33.6. The van der Waals surface area contributed by atoms with Gasteiger partial charge in [0, 0.05) is 66.9 Å². The van der Waals surface area contributed by atoms with Gasteiger partial charge in [-0.1, -0.05) is 419 Å². The summed E-state index contributed by atoms with van der Waals surface area (Å²) >= 11 is 0. The molecule has 0 aliphatic heterocycles. The van der Waals surface area contributed by atoms with Crippen LogP contribution in [0.3, 0.4) is 0 Å². The van der Waals surface area contributed by atoms with E-state index in [0.29, 0.717) is 0 Å². The molecule has 0 radical (unpaired) electrons. The Balaban J connectivity index is 0.000000146. The third-order valence-electron chi connectivity index (χ3n) is 27.4. The average molecular weight is 1680 g/mol. The topological polar surface area (TPSA) is 16.3 Å². The second-order valence-corrected chi connectivity index (χ2v) is 34.5. The number of hydrogen-bond acceptors (Lipinski definition) is 2. The van der Waals surface area contributed by atoms with Gasteiger partial charge in [-0.2, -0.15) is 0 Å². The van der Waals surface area contributed by atoms with Gasteiger partial charge in [-0.3, -0.25) is 0 Å². The van der Waals surface area contributed by atoms with Crippen LogP contribution in [0.25, 0.3) is 133 Å². The molecule has 0 fully saturated rings. The lowest BCUT2D eigenvalue weighted by Crippen LogP contribution is -2.28. The minimum absolute atomic E-state index is 0.460. The Hall–Kier alpha value is -17.2. The zero-order chi connectivity index (χ0) is 87.5. The maximum Gasteiger partial charge on any atom is 0.0713 e.